The Morgan fingerprint density at radius 3 is 2.56 bits per heavy atom. The van der Waals surface area contributed by atoms with Gasteiger partial charge in [-0.2, -0.15) is 0 Å². The van der Waals surface area contributed by atoms with Gasteiger partial charge in [-0.1, -0.05) is 31.6 Å². The van der Waals surface area contributed by atoms with Crippen LogP contribution in [0.15, 0.2) is 36.9 Å². The normalized spacial score (nSPS) is 10.6. The molecule has 98 valence electrons. The Morgan fingerprint density at radius 1 is 1.39 bits per heavy atom. The van der Waals surface area contributed by atoms with Crippen LogP contribution in [0.3, 0.4) is 0 Å². The van der Waals surface area contributed by atoms with Gasteiger partial charge in [0.25, 0.3) is 5.69 Å². The molecule has 0 saturated heterocycles. The number of nitrogens with zero attached hydrogens (tertiary/aromatic N) is 2. The molecule has 0 N–H and O–H groups in total. The molecule has 1 aromatic rings. The molecule has 0 aliphatic rings. The topological polar surface area (TPSA) is 46.4 Å². The largest absolute Gasteiger partial charge is 0.295 e. The molecule has 0 aromatic heterocycles. The molecule has 1 aromatic carbocycles. The Hall–Kier alpha value is -1.68. The second kappa shape index (κ2) is 7.61. The summed E-state index contributed by atoms with van der Waals surface area (Å²) in [7, 11) is 0. The highest BCUT2D eigenvalue weighted by atomic mass is 16.6. The number of unbranched alkanes of at least 4 members (excludes halogenated alkanes) is 1. The Bertz CT molecular complexity index is 387. The summed E-state index contributed by atoms with van der Waals surface area (Å²) in [5.74, 6) is 0. The van der Waals surface area contributed by atoms with E-state index >= 15 is 0 Å². The van der Waals surface area contributed by atoms with Crippen molar-refractivity contribution in [2.24, 2.45) is 0 Å². The maximum Gasteiger partial charge on any atom is 0.269 e. The Balaban J connectivity index is 2.62. The van der Waals surface area contributed by atoms with Gasteiger partial charge in [-0.3, -0.25) is 15.0 Å². The molecule has 4 heteroatoms. The average molecular weight is 248 g/mol. The number of benzene rings is 1. The minimum atomic E-state index is -0.373. The van der Waals surface area contributed by atoms with Crippen molar-refractivity contribution in [3.8, 4) is 0 Å². The fourth-order valence-corrected chi connectivity index (χ4v) is 1.78. The molecule has 18 heavy (non-hydrogen) atoms. The Kier molecular flexibility index (Phi) is 6.08. The van der Waals surface area contributed by atoms with Crippen LogP contribution in [0.25, 0.3) is 0 Å². The third-order valence-electron chi connectivity index (χ3n) is 2.77. The summed E-state index contributed by atoms with van der Waals surface area (Å²) in [6, 6.07) is 6.75. The second-order valence-electron chi connectivity index (χ2n) is 4.30. The summed E-state index contributed by atoms with van der Waals surface area (Å²) >= 11 is 0. The van der Waals surface area contributed by atoms with Crippen LogP contribution in [0.5, 0.6) is 0 Å². The summed E-state index contributed by atoms with van der Waals surface area (Å²) in [6.45, 7) is 8.60. The van der Waals surface area contributed by atoms with Crippen molar-refractivity contribution in [1.82, 2.24) is 4.90 Å². The minimum absolute atomic E-state index is 0.141. The van der Waals surface area contributed by atoms with Crippen LogP contribution >= 0.6 is 0 Å². The lowest BCUT2D eigenvalue weighted by Crippen LogP contribution is -2.24. The minimum Gasteiger partial charge on any atom is -0.295 e. The first-order valence-electron chi connectivity index (χ1n) is 6.24. The molecular weight excluding hydrogens is 228 g/mol. The van der Waals surface area contributed by atoms with Crippen LogP contribution in [-0.4, -0.2) is 22.9 Å². The first-order valence-corrected chi connectivity index (χ1v) is 6.24. The molecule has 0 bridgehead atoms. The van der Waals surface area contributed by atoms with E-state index in [2.05, 4.69) is 18.4 Å². The van der Waals surface area contributed by atoms with E-state index in [9.17, 15) is 10.1 Å². The highest BCUT2D eigenvalue weighted by molar-refractivity contribution is 5.32. The number of rotatable bonds is 8. The van der Waals surface area contributed by atoms with E-state index in [0.717, 1.165) is 38.0 Å². The fraction of sp³-hybridized carbons (Fsp3) is 0.429. The van der Waals surface area contributed by atoms with Gasteiger partial charge in [0.15, 0.2) is 0 Å². The third kappa shape index (κ3) is 4.67. The van der Waals surface area contributed by atoms with Gasteiger partial charge in [0.05, 0.1) is 4.92 Å². The lowest BCUT2D eigenvalue weighted by molar-refractivity contribution is -0.384. The van der Waals surface area contributed by atoms with Crippen LogP contribution in [0.2, 0.25) is 0 Å². The molecule has 0 spiro atoms. The molecule has 0 atom stereocenters. The molecule has 0 aliphatic carbocycles. The number of nitro benzene ring substituents is 1. The molecule has 0 unspecified atom stereocenters. The van der Waals surface area contributed by atoms with Crippen LogP contribution < -0.4 is 0 Å². The third-order valence-corrected chi connectivity index (χ3v) is 2.77. The van der Waals surface area contributed by atoms with E-state index in [1.807, 2.05) is 18.2 Å². The summed E-state index contributed by atoms with van der Waals surface area (Å²) in [4.78, 5) is 12.5. The summed E-state index contributed by atoms with van der Waals surface area (Å²) in [5, 5.41) is 10.6. The summed E-state index contributed by atoms with van der Waals surface area (Å²) < 4.78 is 0. The van der Waals surface area contributed by atoms with Crippen LogP contribution in [-0.2, 0) is 6.54 Å². The maximum absolute atomic E-state index is 10.6. The molecular formula is C14H20N2O2. The van der Waals surface area contributed by atoms with Gasteiger partial charge in [-0.05, 0) is 18.5 Å². The van der Waals surface area contributed by atoms with Crippen molar-refractivity contribution in [2.75, 3.05) is 13.1 Å². The van der Waals surface area contributed by atoms with Gasteiger partial charge >= 0.3 is 0 Å². The zero-order chi connectivity index (χ0) is 13.4. The van der Waals surface area contributed by atoms with Crippen molar-refractivity contribution in [1.29, 1.82) is 0 Å². The van der Waals surface area contributed by atoms with E-state index in [1.165, 1.54) is 0 Å². The molecule has 1 rings (SSSR count). The van der Waals surface area contributed by atoms with Crippen LogP contribution in [0, 0.1) is 10.1 Å². The maximum atomic E-state index is 10.6. The standard InChI is InChI=1S/C14H20N2O2/c1-3-5-11-15(10-4-2)12-13-6-8-14(9-7-13)16(17)18/h4,6-9H,2-3,5,10-12H2,1H3. The highest BCUT2D eigenvalue weighted by Crippen LogP contribution is 2.13. The number of nitro groups is 1. The van der Waals surface area contributed by atoms with Crippen LogP contribution in [0.4, 0.5) is 5.69 Å². The van der Waals surface area contributed by atoms with Gasteiger partial charge in [0.1, 0.15) is 0 Å². The molecule has 0 fully saturated rings. The SMILES string of the molecule is C=CCN(CCCC)Cc1ccc([N+](=O)[O-])cc1. The molecule has 0 aliphatic heterocycles. The van der Waals surface area contributed by atoms with Crippen molar-refractivity contribution in [2.45, 2.75) is 26.3 Å². The Labute approximate surface area is 108 Å². The molecule has 0 heterocycles. The number of hydrogen-bond donors (Lipinski definition) is 0. The predicted octanol–water partition coefficient (Wildman–Crippen LogP) is 3.38. The average Bonchev–Trinajstić information content (AvgIpc) is 2.37. The van der Waals surface area contributed by atoms with Crippen molar-refractivity contribution in [3.05, 3.63) is 52.6 Å². The number of non-ortho nitro benzene ring substituents is 1. The summed E-state index contributed by atoms with van der Waals surface area (Å²) in [6.07, 6.45) is 4.20. The smallest absolute Gasteiger partial charge is 0.269 e. The Morgan fingerprint density at radius 2 is 2.06 bits per heavy atom. The monoisotopic (exact) mass is 248 g/mol. The van der Waals surface area contributed by atoms with Gasteiger partial charge in [-0.25, -0.2) is 0 Å². The second-order valence-corrected chi connectivity index (χ2v) is 4.30. The highest BCUT2D eigenvalue weighted by Gasteiger charge is 2.07. The molecule has 0 saturated carbocycles. The predicted molar refractivity (Wildman–Crippen MR) is 73.5 cm³/mol. The lowest BCUT2D eigenvalue weighted by atomic mass is 10.2. The zero-order valence-corrected chi connectivity index (χ0v) is 10.8. The van der Waals surface area contributed by atoms with E-state index < -0.39 is 0 Å². The first-order chi connectivity index (χ1) is 8.67. The van der Waals surface area contributed by atoms with Gasteiger partial charge in [0, 0.05) is 25.2 Å². The van der Waals surface area contributed by atoms with E-state index in [1.54, 1.807) is 12.1 Å². The first kappa shape index (κ1) is 14.4. The summed E-state index contributed by atoms with van der Waals surface area (Å²) in [5.41, 5.74) is 1.24. The van der Waals surface area contributed by atoms with Crippen molar-refractivity contribution >= 4 is 5.69 Å². The van der Waals surface area contributed by atoms with Gasteiger partial charge < -0.3 is 0 Å². The van der Waals surface area contributed by atoms with Gasteiger partial charge in [0.2, 0.25) is 0 Å². The fourth-order valence-electron chi connectivity index (χ4n) is 1.78. The van der Waals surface area contributed by atoms with E-state index in [-0.39, 0.29) is 10.6 Å². The van der Waals surface area contributed by atoms with Crippen LogP contribution in [0.1, 0.15) is 25.3 Å². The zero-order valence-electron chi connectivity index (χ0n) is 10.8. The molecule has 4 nitrogen and oxygen atoms in total. The van der Waals surface area contributed by atoms with Crippen molar-refractivity contribution in [3.63, 3.8) is 0 Å². The lowest BCUT2D eigenvalue weighted by Gasteiger charge is -2.20. The quantitative estimate of drug-likeness (QED) is 0.402. The number of hydrogen-bond acceptors (Lipinski definition) is 3. The molecule has 0 amide bonds. The van der Waals surface area contributed by atoms with E-state index in [4.69, 9.17) is 0 Å². The molecule has 0 radical (unpaired) electrons. The van der Waals surface area contributed by atoms with Crippen molar-refractivity contribution < 1.29 is 4.92 Å². The van der Waals surface area contributed by atoms with Gasteiger partial charge in [-0.15, -0.1) is 6.58 Å². The van der Waals surface area contributed by atoms with E-state index in [0.29, 0.717) is 0 Å².